The quantitative estimate of drug-likeness (QED) is 0.777. The van der Waals surface area contributed by atoms with Crippen LogP contribution in [0.15, 0.2) is 22.7 Å². The van der Waals surface area contributed by atoms with Gasteiger partial charge in [0, 0.05) is 19.6 Å². The molecule has 1 rings (SSSR count). The number of benzene rings is 1. The Balaban J connectivity index is 2.72. The predicted molar refractivity (Wildman–Crippen MR) is 89.5 cm³/mol. The van der Waals surface area contributed by atoms with Gasteiger partial charge in [-0.15, -0.1) is 0 Å². The van der Waals surface area contributed by atoms with Crippen LogP contribution in [0, 0.1) is 0 Å². The molecule has 0 radical (unpaired) electrons. The van der Waals surface area contributed by atoms with Crippen LogP contribution in [0.25, 0.3) is 0 Å². The second-order valence-electron chi connectivity index (χ2n) is 4.82. The zero-order valence-corrected chi connectivity index (χ0v) is 14.9. The number of nitrogens with zero attached hydrogens (tertiary/aromatic N) is 1. The number of halogens is 1. The first-order chi connectivity index (χ1) is 10.0. The van der Waals surface area contributed by atoms with Crippen molar-refractivity contribution in [2.75, 3.05) is 19.6 Å². The lowest BCUT2D eigenvalue weighted by Gasteiger charge is -2.23. The van der Waals surface area contributed by atoms with Crippen LogP contribution in [0.2, 0.25) is 0 Å². The van der Waals surface area contributed by atoms with Gasteiger partial charge < -0.3 is 15.0 Å². The van der Waals surface area contributed by atoms with Crippen LogP contribution < -0.4 is 10.1 Å². The first-order valence-corrected chi connectivity index (χ1v) is 8.27. The molecule has 1 atom stereocenters. The number of carbonyl (C=O) groups is 1. The smallest absolute Gasteiger partial charge is 0.263 e. The minimum Gasteiger partial charge on any atom is -0.480 e. The van der Waals surface area contributed by atoms with E-state index in [0.29, 0.717) is 18.8 Å². The van der Waals surface area contributed by atoms with Gasteiger partial charge in [-0.2, -0.15) is 0 Å². The van der Waals surface area contributed by atoms with E-state index >= 15 is 0 Å². The molecule has 0 aromatic heterocycles. The molecule has 4 nitrogen and oxygen atoms in total. The van der Waals surface area contributed by atoms with Crippen LogP contribution in [-0.4, -0.2) is 36.5 Å². The lowest BCUT2D eigenvalue weighted by Crippen LogP contribution is -2.40. The van der Waals surface area contributed by atoms with E-state index in [4.69, 9.17) is 4.74 Å². The van der Waals surface area contributed by atoms with E-state index in [1.165, 1.54) is 5.56 Å². The highest BCUT2D eigenvalue weighted by molar-refractivity contribution is 9.10. The highest BCUT2D eigenvalue weighted by atomic mass is 79.9. The van der Waals surface area contributed by atoms with E-state index in [1.54, 1.807) is 11.8 Å². The van der Waals surface area contributed by atoms with Gasteiger partial charge in [0.1, 0.15) is 5.75 Å². The summed E-state index contributed by atoms with van der Waals surface area (Å²) in [6.45, 7) is 11.0. The van der Waals surface area contributed by atoms with Crippen molar-refractivity contribution < 1.29 is 9.53 Å². The average Bonchev–Trinajstić information content (AvgIpc) is 2.48. The molecular formula is C16H25BrN2O2. The molecule has 0 saturated carbocycles. The van der Waals surface area contributed by atoms with Crippen LogP contribution in [-0.2, 0) is 11.3 Å². The molecule has 0 fully saturated rings. The predicted octanol–water partition coefficient (Wildman–Crippen LogP) is 3.19. The Morgan fingerprint density at radius 2 is 2.00 bits per heavy atom. The first-order valence-electron chi connectivity index (χ1n) is 7.48. The largest absolute Gasteiger partial charge is 0.480 e. The molecule has 0 aliphatic carbocycles. The van der Waals surface area contributed by atoms with Crippen molar-refractivity contribution in [2.45, 2.75) is 40.3 Å². The van der Waals surface area contributed by atoms with Gasteiger partial charge in [-0.1, -0.05) is 13.0 Å². The maximum atomic E-state index is 12.2. The van der Waals surface area contributed by atoms with Crippen LogP contribution in [0.1, 0.15) is 33.3 Å². The summed E-state index contributed by atoms with van der Waals surface area (Å²) in [7, 11) is 0. The first kappa shape index (κ1) is 18.0. The van der Waals surface area contributed by atoms with Crippen LogP contribution >= 0.6 is 15.9 Å². The van der Waals surface area contributed by atoms with Gasteiger partial charge in [0.2, 0.25) is 0 Å². The van der Waals surface area contributed by atoms with Crippen molar-refractivity contribution in [3.8, 4) is 5.75 Å². The number of rotatable bonds is 8. The lowest BCUT2D eigenvalue weighted by molar-refractivity contribution is -0.137. The van der Waals surface area contributed by atoms with Crippen LogP contribution in [0.4, 0.5) is 0 Å². The van der Waals surface area contributed by atoms with Gasteiger partial charge in [0.05, 0.1) is 4.47 Å². The molecule has 0 heterocycles. The molecule has 1 N–H and O–H groups in total. The number of amides is 1. The third-order valence-corrected chi connectivity index (χ3v) is 3.92. The molecule has 0 aliphatic rings. The average molecular weight is 357 g/mol. The van der Waals surface area contributed by atoms with Gasteiger partial charge in [0.25, 0.3) is 5.91 Å². The highest BCUT2D eigenvalue weighted by Gasteiger charge is 2.20. The standard InChI is InChI=1S/C16H25BrN2O2/c1-5-18-11-13-8-9-15(14(17)10-13)21-12(4)16(20)19(6-2)7-3/h8-10,12,18H,5-7,11H2,1-4H3. The minimum atomic E-state index is -0.485. The molecule has 1 aromatic carbocycles. The van der Waals surface area contributed by atoms with Crippen molar-refractivity contribution in [1.29, 1.82) is 0 Å². The Kier molecular flexibility index (Phi) is 7.75. The fourth-order valence-electron chi connectivity index (χ4n) is 2.05. The van der Waals surface area contributed by atoms with Gasteiger partial charge in [-0.3, -0.25) is 4.79 Å². The van der Waals surface area contributed by atoms with Crippen LogP contribution in [0.3, 0.4) is 0 Å². The van der Waals surface area contributed by atoms with Gasteiger partial charge in [0.15, 0.2) is 6.10 Å². The molecule has 1 unspecified atom stereocenters. The van der Waals surface area contributed by atoms with E-state index < -0.39 is 6.10 Å². The lowest BCUT2D eigenvalue weighted by atomic mass is 10.2. The Hall–Kier alpha value is -1.07. The Bertz CT molecular complexity index is 462. The summed E-state index contributed by atoms with van der Waals surface area (Å²) in [6.07, 6.45) is -0.485. The topological polar surface area (TPSA) is 41.6 Å². The van der Waals surface area contributed by atoms with Crippen molar-refractivity contribution in [3.63, 3.8) is 0 Å². The molecule has 1 aromatic rings. The summed E-state index contributed by atoms with van der Waals surface area (Å²) in [5, 5.41) is 3.28. The summed E-state index contributed by atoms with van der Waals surface area (Å²) in [6, 6.07) is 5.94. The molecule has 21 heavy (non-hydrogen) atoms. The molecule has 0 saturated heterocycles. The van der Waals surface area contributed by atoms with Crippen molar-refractivity contribution in [3.05, 3.63) is 28.2 Å². The monoisotopic (exact) mass is 356 g/mol. The van der Waals surface area contributed by atoms with Crippen LogP contribution in [0.5, 0.6) is 5.75 Å². The molecule has 1 amide bonds. The number of hydrogen-bond acceptors (Lipinski definition) is 3. The fourth-order valence-corrected chi connectivity index (χ4v) is 2.57. The van der Waals surface area contributed by atoms with Gasteiger partial charge in [-0.05, 0) is 60.9 Å². The second-order valence-corrected chi connectivity index (χ2v) is 5.67. The molecular weight excluding hydrogens is 332 g/mol. The summed E-state index contributed by atoms with van der Waals surface area (Å²) in [5.41, 5.74) is 1.18. The number of likely N-dealkylation sites (N-methyl/N-ethyl adjacent to an activating group) is 1. The van der Waals surface area contributed by atoms with Crippen molar-refractivity contribution in [1.82, 2.24) is 10.2 Å². The number of hydrogen-bond donors (Lipinski definition) is 1. The summed E-state index contributed by atoms with van der Waals surface area (Å²) < 4.78 is 6.66. The van der Waals surface area contributed by atoms with Crippen molar-refractivity contribution in [2.24, 2.45) is 0 Å². The molecule has 0 spiro atoms. The minimum absolute atomic E-state index is 0.0172. The summed E-state index contributed by atoms with van der Waals surface area (Å²) >= 11 is 3.51. The Labute approximate surface area is 136 Å². The molecule has 0 bridgehead atoms. The number of carbonyl (C=O) groups excluding carboxylic acids is 1. The molecule has 0 aliphatic heterocycles. The third-order valence-electron chi connectivity index (χ3n) is 3.30. The number of ether oxygens (including phenoxy) is 1. The Morgan fingerprint density at radius 3 is 2.52 bits per heavy atom. The van der Waals surface area contributed by atoms with Crippen molar-refractivity contribution >= 4 is 21.8 Å². The normalized spacial score (nSPS) is 12.0. The highest BCUT2D eigenvalue weighted by Crippen LogP contribution is 2.27. The molecule has 5 heteroatoms. The summed E-state index contributed by atoms with van der Waals surface area (Å²) in [5.74, 6) is 0.715. The van der Waals surface area contributed by atoms with E-state index in [0.717, 1.165) is 17.6 Å². The van der Waals surface area contributed by atoms with Gasteiger partial charge >= 0.3 is 0 Å². The summed E-state index contributed by atoms with van der Waals surface area (Å²) in [4.78, 5) is 14.0. The second kappa shape index (κ2) is 9.05. The zero-order valence-electron chi connectivity index (χ0n) is 13.3. The van der Waals surface area contributed by atoms with Gasteiger partial charge in [-0.25, -0.2) is 0 Å². The van der Waals surface area contributed by atoms with E-state index in [9.17, 15) is 4.79 Å². The van der Waals surface area contributed by atoms with E-state index in [2.05, 4.69) is 28.2 Å². The number of nitrogens with one attached hydrogen (secondary N) is 1. The maximum Gasteiger partial charge on any atom is 0.263 e. The van der Waals surface area contributed by atoms with E-state index in [-0.39, 0.29) is 5.91 Å². The SMILES string of the molecule is CCNCc1ccc(OC(C)C(=O)N(CC)CC)c(Br)c1. The maximum absolute atomic E-state index is 12.2. The fraction of sp³-hybridized carbons (Fsp3) is 0.562. The van der Waals surface area contributed by atoms with E-state index in [1.807, 2.05) is 32.0 Å². The third kappa shape index (κ3) is 5.32. The molecule has 118 valence electrons. The Morgan fingerprint density at radius 1 is 1.33 bits per heavy atom. The zero-order chi connectivity index (χ0) is 15.8.